The van der Waals surface area contributed by atoms with E-state index in [2.05, 4.69) is 0 Å². The van der Waals surface area contributed by atoms with Crippen LogP contribution in [0.25, 0.3) is 0 Å². The van der Waals surface area contributed by atoms with E-state index in [0.29, 0.717) is 11.8 Å². The zero-order valence-electron chi connectivity index (χ0n) is 10.7. The van der Waals surface area contributed by atoms with Crippen molar-refractivity contribution in [2.24, 2.45) is 29.6 Å². The van der Waals surface area contributed by atoms with E-state index in [1.165, 1.54) is 6.42 Å². The van der Waals surface area contributed by atoms with Crippen molar-refractivity contribution in [3.05, 3.63) is 0 Å². The monoisotopic (exact) mass is 258 g/mol. The Morgan fingerprint density at radius 2 is 1.61 bits per heavy atom. The Bertz CT molecular complexity index is 320. The van der Waals surface area contributed by atoms with Gasteiger partial charge in [0.05, 0.1) is 5.92 Å². The minimum absolute atomic E-state index is 0.0971. The fourth-order valence-corrected chi connectivity index (χ4v) is 4.60. The molecule has 0 amide bonds. The van der Waals surface area contributed by atoms with Crippen molar-refractivity contribution in [3.63, 3.8) is 0 Å². The fraction of sp³-hybridized carbons (Fsp3) is 0.929. The van der Waals surface area contributed by atoms with E-state index in [0.717, 1.165) is 44.4 Å². The second-order valence-electron chi connectivity index (χ2n) is 6.63. The zero-order chi connectivity index (χ0) is 12.9. The van der Waals surface area contributed by atoms with Gasteiger partial charge in [-0.3, -0.25) is 4.79 Å². The fourth-order valence-electron chi connectivity index (χ4n) is 4.60. The summed E-state index contributed by atoms with van der Waals surface area (Å²) in [5.74, 6) is -1.01. The number of halogens is 2. The Morgan fingerprint density at radius 3 is 2.06 bits per heavy atom. The summed E-state index contributed by atoms with van der Waals surface area (Å²) in [5, 5.41) is 0. The average Bonchev–Trinajstić information content (AvgIpc) is 2.23. The van der Waals surface area contributed by atoms with Crippen LogP contribution >= 0.6 is 0 Å². The zero-order valence-corrected chi connectivity index (χ0v) is 10.7. The van der Waals surface area contributed by atoms with E-state index in [4.69, 9.17) is 4.74 Å². The SMILES string of the molecule is CC(F)(F)COC(=O)C1C2CC3CC(C2)CC1C3. The maximum atomic E-state index is 12.7. The minimum Gasteiger partial charge on any atom is -0.459 e. The Hall–Kier alpha value is -0.670. The lowest BCUT2D eigenvalue weighted by molar-refractivity contribution is -0.171. The molecule has 0 N–H and O–H groups in total. The highest BCUT2D eigenvalue weighted by atomic mass is 19.3. The predicted molar refractivity (Wildman–Crippen MR) is 62.1 cm³/mol. The molecule has 4 fully saturated rings. The van der Waals surface area contributed by atoms with Crippen molar-refractivity contribution in [2.75, 3.05) is 6.61 Å². The van der Waals surface area contributed by atoms with E-state index in [1.54, 1.807) is 0 Å². The molecule has 4 aliphatic carbocycles. The molecule has 2 nitrogen and oxygen atoms in total. The van der Waals surface area contributed by atoms with Gasteiger partial charge in [-0.05, 0) is 55.8 Å². The summed E-state index contributed by atoms with van der Waals surface area (Å²) in [5.41, 5.74) is 0. The van der Waals surface area contributed by atoms with Crippen molar-refractivity contribution in [1.29, 1.82) is 0 Å². The molecule has 0 aliphatic heterocycles. The largest absolute Gasteiger partial charge is 0.459 e. The molecule has 0 aromatic heterocycles. The van der Waals surface area contributed by atoms with Crippen molar-refractivity contribution in [3.8, 4) is 0 Å². The van der Waals surface area contributed by atoms with Crippen molar-refractivity contribution < 1.29 is 18.3 Å². The highest BCUT2D eigenvalue weighted by molar-refractivity contribution is 5.73. The lowest BCUT2D eigenvalue weighted by atomic mass is 9.52. The van der Waals surface area contributed by atoms with Crippen LogP contribution in [-0.4, -0.2) is 18.5 Å². The molecule has 0 heterocycles. The third kappa shape index (κ3) is 2.26. The maximum Gasteiger partial charge on any atom is 0.309 e. The number of esters is 1. The molecule has 18 heavy (non-hydrogen) atoms. The summed E-state index contributed by atoms with van der Waals surface area (Å²) in [6.07, 6.45) is 5.75. The lowest BCUT2D eigenvalue weighted by Crippen LogP contribution is -2.48. The molecule has 4 bridgehead atoms. The van der Waals surface area contributed by atoms with Gasteiger partial charge in [-0.15, -0.1) is 0 Å². The summed E-state index contributed by atoms with van der Waals surface area (Å²) >= 11 is 0. The van der Waals surface area contributed by atoms with Crippen LogP contribution < -0.4 is 0 Å². The molecule has 4 heteroatoms. The van der Waals surface area contributed by atoms with Gasteiger partial charge in [0.2, 0.25) is 0 Å². The number of rotatable bonds is 3. The first-order valence-corrected chi connectivity index (χ1v) is 6.97. The van der Waals surface area contributed by atoms with Gasteiger partial charge < -0.3 is 4.74 Å². The molecule has 0 atom stereocenters. The van der Waals surface area contributed by atoms with Crippen LogP contribution in [-0.2, 0) is 9.53 Å². The molecule has 0 saturated heterocycles. The normalized spacial score (nSPS) is 42.1. The molecule has 4 aliphatic rings. The number of carbonyl (C=O) groups excluding carboxylic acids is 1. The van der Waals surface area contributed by atoms with Gasteiger partial charge >= 0.3 is 5.97 Å². The smallest absolute Gasteiger partial charge is 0.309 e. The minimum atomic E-state index is -2.92. The van der Waals surface area contributed by atoms with Crippen LogP contribution in [0.4, 0.5) is 8.78 Å². The molecule has 4 rings (SSSR count). The van der Waals surface area contributed by atoms with Crippen molar-refractivity contribution in [2.45, 2.75) is 45.0 Å². The molecular weight excluding hydrogens is 238 g/mol. The molecule has 0 aromatic rings. The van der Waals surface area contributed by atoms with Gasteiger partial charge in [-0.25, -0.2) is 8.78 Å². The van der Waals surface area contributed by atoms with E-state index in [1.807, 2.05) is 0 Å². The third-order valence-electron chi connectivity index (χ3n) is 4.97. The molecule has 4 saturated carbocycles. The first-order valence-electron chi connectivity index (χ1n) is 6.97. The number of alkyl halides is 2. The van der Waals surface area contributed by atoms with E-state index >= 15 is 0 Å². The summed E-state index contributed by atoms with van der Waals surface area (Å²) in [4.78, 5) is 12.0. The van der Waals surface area contributed by atoms with Gasteiger partial charge in [-0.2, -0.15) is 0 Å². The van der Waals surface area contributed by atoms with Crippen LogP contribution in [0.2, 0.25) is 0 Å². The summed E-state index contributed by atoms with van der Waals surface area (Å²) < 4.78 is 30.3. The average molecular weight is 258 g/mol. The molecular formula is C14H20F2O2. The number of hydrogen-bond donors (Lipinski definition) is 0. The van der Waals surface area contributed by atoms with Gasteiger partial charge in [0.25, 0.3) is 5.92 Å². The molecule has 0 aromatic carbocycles. The van der Waals surface area contributed by atoms with Gasteiger partial charge in [0, 0.05) is 6.92 Å². The van der Waals surface area contributed by atoms with Gasteiger partial charge in [0.1, 0.15) is 0 Å². The second kappa shape index (κ2) is 4.17. The molecule has 0 spiro atoms. The number of carbonyl (C=O) groups is 1. The summed E-state index contributed by atoms with van der Waals surface area (Å²) in [6, 6.07) is 0. The Labute approximate surface area is 106 Å². The van der Waals surface area contributed by atoms with Crippen molar-refractivity contribution in [1.82, 2.24) is 0 Å². The Balaban J connectivity index is 1.64. The maximum absolute atomic E-state index is 12.7. The van der Waals surface area contributed by atoms with E-state index in [9.17, 15) is 13.6 Å². The van der Waals surface area contributed by atoms with Crippen LogP contribution in [0, 0.1) is 29.6 Å². The van der Waals surface area contributed by atoms with Crippen LogP contribution in [0.1, 0.15) is 39.0 Å². The second-order valence-corrected chi connectivity index (χ2v) is 6.63. The summed E-state index contributed by atoms with van der Waals surface area (Å²) in [7, 11) is 0. The predicted octanol–water partition coefficient (Wildman–Crippen LogP) is 3.26. The third-order valence-corrected chi connectivity index (χ3v) is 4.97. The topological polar surface area (TPSA) is 26.3 Å². The number of hydrogen-bond acceptors (Lipinski definition) is 2. The van der Waals surface area contributed by atoms with Gasteiger partial charge in [-0.1, -0.05) is 0 Å². The van der Waals surface area contributed by atoms with Crippen molar-refractivity contribution >= 4 is 5.97 Å². The standard InChI is InChI=1S/C14H20F2O2/c1-14(15,16)7-18-13(17)12-10-3-8-2-9(5-10)6-11(12)4-8/h8-12H,2-7H2,1H3. The Kier molecular flexibility index (Phi) is 2.87. The first-order chi connectivity index (χ1) is 8.42. The van der Waals surface area contributed by atoms with E-state index in [-0.39, 0.29) is 11.9 Å². The van der Waals surface area contributed by atoms with E-state index < -0.39 is 12.5 Å². The van der Waals surface area contributed by atoms with Gasteiger partial charge in [0.15, 0.2) is 6.61 Å². The van der Waals surface area contributed by atoms with Crippen LogP contribution in [0.3, 0.4) is 0 Å². The molecule has 102 valence electrons. The highest BCUT2D eigenvalue weighted by Crippen LogP contribution is 2.56. The summed E-state index contributed by atoms with van der Waals surface area (Å²) in [6.45, 7) is 0.0196. The van der Waals surface area contributed by atoms with Crippen LogP contribution in [0.15, 0.2) is 0 Å². The molecule has 0 unspecified atom stereocenters. The first kappa shape index (κ1) is 12.4. The quantitative estimate of drug-likeness (QED) is 0.726. The Morgan fingerprint density at radius 1 is 1.11 bits per heavy atom. The van der Waals surface area contributed by atoms with Crippen LogP contribution in [0.5, 0.6) is 0 Å². The number of ether oxygens (including phenoxy) is 1. The highest BCUT2D eigenvalue weighted by Gasteiger charge is 2.51. The lowest BCUT2D eigenvalue weighted by Gasteiger charge is -2.53. The molecule has 0 radical (unpaired) electrons.